The molecule has 2 N–H and O–H groups in total. The van der Waals surface area contributed by atoms with Gasteiger partial charge in [0, 0.05) is 57.6 Å². The molecule has 218 valence electrons. The molecule has 1 aliphatic rings. The average molecular weight is 561 g/mol. The summed E-state index contributed by atoms with van der Waals surface area (Å²) in [5.74, 6) is 6.57. The molecule has 1 aromatic carbocycles. The standard InChI is InChI=1S/C30H40N8O3/c1-32-22-26(11-6-5-7-14-33-28(39)23-37(4)29(40)13-9-15-36(2)3)30(38-16-18-41-19-17-38)35-24-34-27-12-8-10-25(20-27)21-31/h8-10,12-13,20,22,34H,1,5,7,14-19,23-24H2,2-4H3,(H,33,39)/b13-9+,26-22-,35-30?. The van der Waals surface area contributed by atoms with Gasteiger partial charge in [-0.3, -0.25) is 14.6 Å². The molecule has 11 heteroatoms. The summed E-state index contributed by atoms with van der Waals surface area (Å²) in [5, 5.41) is 15.2. The number of nitrogens with one attached hydrogen (secondary N) is 2. The summed E-state index contributed by atoms with van der Waals surface area (Å²) in [6, 6.07) is 9.34. The molecule has 1 fully saturated rings. The highest BCUT2D eigenvalue weighted by atomic mass is 16.5. The molecule has 0 unspecified atom stereocenters. The fourth-order valence-corrected chi connectivity index (χ4v) is 3.68. The van der Waals surface area contributed by atoms with Crippen LogP contribution in [0.2, 0.25) is 0 Å². The Morgan fingerprint density at radius 2 is 2.02 bits per heavy atom. The fourth-order valence-electron chi connectivity index (χ4n) is 3.68. The van der Waals surface area contributed by atoms with Gasteiger partial charge in [-0.15, -0.1) is 0 Å². The van der Waals surface area contributed by atoms with Crippen LogP contribution >= 0.6 is 0 Å². The number of aliphatic imine (C=N–C) groups is 2. The summed E-state index contributed by atoms with van der Waals surface area (Å²) in [6.07, 6.45) is 6.03. The Morgan fingerprint density at radius 3 is 2.73 bits per heavy atom. The van der Waals surface area contributed by atoms with Gasteiger partial charge in [0.05, 0.1) is 37.0 Å². The number of benzene rings is 1. The monoisotopic (exact) mass is 560 g/mol. The van der Waals surface area contributed by atoms with Gasteiger partial charge in [-0.05, 0) is 45.4 Å². The van der Waals surface area contributed by atoms with E-state index in [0.29, 0.717) is 69.2 Å². The second-order valence-electron chi connectivity index (χ2n) is 9.45. The molecular formula is C30H40N8O3. The molecule has 0 saturated carbocycles. The first-order valence-corrected chi connectivity index (χ1v) is 13.4. The van der Waals surface area contributed by atoms with Crippen LogP contribution in [0.4, 0.5) is 5.69 Å². The van der Waals surface area contributed by atoms with Crippen LogP contribution in [-0.4, -0.2) is 113 Å². The Hall–Kier alpha value is -4.45. The number of amides is 2. The molecule has 1 saturated heterocycles. The van der Waals surface area contributed by atoms with Gasteiger partial charge in [-0.25, -0.2) is 4.99 Å². The number of carbonyl (C=O) groups excluding carboxylic acids is 2. The van der Waals surface area contributed by atoms with Crippen molar-refractivity contribution in [3.63, 3.8) is 0 Å². The van der Waals surface area contributed by atoms with Crippen LogP contribution in [0.3, 0.4) is 0 Å². The zero-order valence-electron chi connectivity index (χ0n) is 24.2. The van der Waals surface area contributed by atoms with Crippen molar-refractivity contribution in [2.24, 2.45) is 9.98 Å². The van der Waals surface area contributed by atoms with E-state index < -0.39 is 0 Å². The third-order valence-corrected chi connectivity index (χ3v) is 5.79. The van der Waals surface area contributed by atoms with Crippen molar-refractivity contribution in [1.29, 1.82) is 5.26 Å². The van der Waals surface area contributed by atoms with Crippen LogP contribution in [0, 0.1) is 23.2 Å². The number of morpholine rings is 1. The topological polar surface area (TPSA) is 126 Å². The van der Waals surface area contributed by atoms with Gasteiger partial charge in [-0.1, -0.05) is 24.0 Å². The minimum absolute atomic E-state index is 0.0110. The number of carbonyl (C=O) groups is 2. The molecule has 1 heterocycles. The van der Waals surface area contributed by atoms with Crippen molar-refractivity contribution in [3.05, 3.63) is 53.8 Å². The highest BCUT2D eigenvalue weighted by Gasteiger charge is 2.18. The van der Waals surface area contributed by atoms with Crippen LogP contribution in [0.25, 0.3) is 0 Å². The lowest BCUT2D eigenvalue weighted by Crippen LogP contribution is -2.41. The van der Waals surface area contributed by atoms with Gasteiger partial charge < -0.3 is 30.1 Å². The van der Waals surface area contributed by atoms with Crippen LogP contribution < -0.4 is 10.6 Å². The predicted octanol–water partition coefficient (Wildman–Crippen LogP) is 1.72. The SMILES string of the molecule is C=N/C=C(/C#CCCCNC(=O)CN(C)C(=O)/C=C/CN(C)C)C(=NCNc1cccc(C#N)c1)N1CCOCC1. The molecule has 0 aromatic heterocycles. The molecule has 0 spiro atoms. The third-order valence-electron chi connectivity index (χ3n) is 5.79. The van der Waals surface area contributed by atoms with Gasteiger partial charge in [0.15, 0.2) is 0 Å². The van der Waals surface area contributed by atoms with Crippen LogP contribution in [0.1, 0.15) is 18.4 Å². The number of ether oxygens (including phenoxy) is 1. The molecule has 0 radical (unpaired) electrons. The zero-order valence-corrected chi connectivity index (χ0v) is 24.2. The number of likely N-dealkylation sites (N-methyl/N-ethyl adjacent to an activating group) is 2. The minimum atomic E-state index is -0.221. The van der Waals surface area contributed by atoms with Crippen molar-refractivity contribution in [2.75, 3.05) is 79.1 Å². The average Bonchev–Trinajstić information content (AvgIpc) is 2.97. The number of hydrogen-bond acceptors (Lipinski definition) is 8. The van der Waals surface area contributed by atoms with Crippen molar-refractivity contribution >= 4 is 30.1 Å². The number of rotatable bonds is 13. The molecule has 11 nitrogen and oxygen atoms in total. The lowest BCUT2D eigenvalue weighted by atomic mass is 10.2. The van der Waals surface area contributed by atoms with Gasteiger partial charge >= 0.3 is 0 Å². The molecule has 2 amide bonds. The van der Waals surface area contributed by atoms with E-state index in [2.05, 4.69) is 45.2 Å². The largest absolute Gasteiger partial charge is 0.378 e. The predicted molar refractivity (Wildman–Crippen MR) is 162 cm³/mol. The first-order valence-electron chi connectivity index (χ1n) is 13.4. The fraction of sp³-hybridized carbons (Fsp3) is 0.433. The highest BCUT2D eigenvalue weighted by molar-refractivity contribution is 6.02. The summed E-state index contributed by atoms with van der Waals surface area (Å²) in [7, 11) is 5.43. The highest BCUT2D eigenvalue weighted by Crippen LogP contribution is 2.11. The second kappa shape index (κ2) is 18.8. The van der Waals surface area contributed by atoms with E-state index >= 15 is 0 Å². The van der Waals surface area contributed by atoms with E-state index in [1.54, 1.807) is 31.5 Å². The number of anilines is 1. The smallest absolute Gasteiger partial charge is 0.246 e. The summed E-state index contributed by atoms with van der Waals surface area (Å²) in [4.78, 5) is 38.4. The maximum absolute atomic E-state index is 12.2. The number of amidine groups is 1. The Kier molecular flexibility index (Phi) is 15.0. The Bertz CT molecular complexity index is 1210. The lowest BCUT2D eigenvalue weighted by Gasteiger charge is -2.30. The molecule has 2 rings (SSSR count). The molecule has 0 atom stereocenters. The van der Waals surface area contributed by atoms with Gasteiger partial charge in [0.25, 0.3) is 0 Å². The van der Waals surface area contributed by atoms with Crippen molar-refractivity contribution in [1.82, 2.24) is 20.0 Å². The normalized spacial score (nSPS) is 13.8. The lowest BCUT2D eigenvalue weighted by molar-refractivity contribution is -0.131. The Balaban J connectivity index is 1.92. The van der Waals surface area contributed by atoms with E-state index in [9.17, 15) is 9.59 Å². The van der Waals surface area contributed by atoms with E-state index in [1.165, 1.54) is 11.0 Å². The molecule has 1 aromatic rings. The quantitative estimate of drug-likeness (QED) is 0.124. The Morgan fingerprint density at radius 1 is 1.24 bits per heavy atom. The van der Waals surface area contributed by atoms with E-state index in [-0.39, 0.29) is 25.0 Å². The zero-order chi connectivity index (χ0) is 29.9. The van der Waals surface area contributed by atoms with Gasteiger partial charge in [0.2, 0.25) is 11.8 Å². The summed E-state index contributed by atoms with van der Waals surface area (Å²) in [6.45, 7) is 7.49. The first kappa shape index (κ1) is 32.8. The van der Waals surface area contributed by atoms with Crippen molar-refractivity contribution in [3.8, 4) is 17.9 Å². The van der Waals surface area contributed by atoms with E-state index in [0.717, 1.165) is 5.69 Å². The van der Waals surface area contributed by atoms with Crippen LogP contribution in [0.15, 0.2) is 58.2 Å². The molecule has 1 aliphatic heterocycles. The maximum Gasteiger partial charge on any atom is 0.246 e. The van der Waals surface area contributed by atoms with Crippen molar-refractivity contribution in [2.45, 2.75) is 12.8 Å². The Labute approximate surface area is 243 Å². The number of unbranched alkanes of at least 4 members (excludes halogenated alkanes) is 1. The summed E-state index contributed by atoms with van der Waals surface area (Å²) < 4.78 is 5.50. The summed E-state index contributed by atoms with van der Waals surface area (Å²) >= 11 is 0. The maximum atomic E-state index is 12.2. The number of nitrogens with zero attached hydrogens (tertiary/aromatic N) is 6. The van der Waals surface area contributed by atoms with Gasteiger partial charge in [0.1, 0.15) is 12.5 Å². The molecular weight excluding hydrogens is 520 g/mol. The second-order valence-corrected chi connectivity index (χ2v) is 9.45. The molecule has 41 heavy (non-hydrogen) atoms. The minimum Gasteiger partial charge on any atom is -0.378 e. The first-order chi connectivity index (χ1) is 19.8. The molecule has 0 aliphatic carbocycles. The van der Waals surface area contributed by atoms with Crippen molar-refractivity contribution < 1.29 is 14.3 Å². The van der Waals surface area contributed by atoms with E-state index in [1.807, 2.05) is 31.1 Å². The third kappa shape index (κ3) is 13.0. The van der Waals surface area contributed by atoms with Gasteiger partial charge in [-0.2, -0.15) is 5.26 Å². The molecule has 0 bridgehead atoms. The number of hydrogen-bond donors (Lipinski definition) is 2. The summed E-state index contributed by atoms with van der Waals surface area (Å²) in [5.41, 5.74) is 2.01. The van der Waals surface area contributed by atoms with Crippen LogP contribution in [-0.2, 0) is 14.3 Å². The number of nitriles is 1. The van der Waals surface area contributed by atoms with E-state index in [4.69, 9.17) is 15.0 Å². The van der Waals surface area contributed by atoms with Crippen LogP contribution in [0.5, 0.6) is 0 Å².